The molecule has 10 aromatic rings. The number of hydrogen-bond donors (Lipinski definition) is 0. The van der Waals surface area contributed by atoms with Crippen LogP contribution in [0.4, 0.5) is 0 Å². The van der Waals surface area contributed by atoms with Crippen LogP contribution in [0.3, 0.4) is 0 Å². The Kier molecular flexibility index (Phi) is 7.67. The number of hydrogen-bond acceptors (Lipinski definition) is 0. The molecule has 1 unspecified atom stereocenters. The number of rotatable bonds is 6. The van der Waals surface area contributed by atoms with E-state index in [1.807, 2.05) is 0 Å². The summed E-state index contributed by atoms with van der Waals surface area (Å²) in [5.41, 5.74) is 15.9. The summed E-state index contributed by atoms with van der Waals surface area (Å²) in [7, 11) is 0. The highest BCUT2D eigenvalue weighted by Gasteiger charge is 2.17. The maximum atomic E-state index is 2.43. The third kappa shape index (κ3) is 5.41. The highest BCUT2D eigenvalue weighted by atomic mass is 15.0. The second-order valence-corrected chi connectivity index (χ2v) is 14.9. The minimum absolute atomic E-state index is 0.423. The molecule has 0 fully saturated rings. The van der Waals surface area contributed by atoms with Gasteiger partial charge in [0, 0.05) is 38.8 Å². The van der Waals surface area contributed by atoms with Crippen LogP contribution in [0.1, 0.15) is 23.5 Å². The van der Waals surface area contributed by atoms with Crippen LogP contribution in [0.2, 0.25) is 0 Å². The number of nitrogens with zero attached hydrogens (tertiary/aromatic N) is 2. The standard InChI is InChI=1S/C54H38N2/c1-3-12-37(13-4-1)39-22-24-41(25-23-39)42-16-11-17-46(34-42)56-52-21-10-8-19-48(52)50-36-44(29-33-54(50)56)43-28-32-53-49(35-43)47-18-7-9-20-51(47)55(53)45-30-26-40(27-31-45)38-14-5-2-6-15-38/h1-22,24-36,39H,23H2. The van der Waals surface area contributed by atoms with E-state index in [-0.39, 0.29) is 0 Å². The fourth-order valence-electron chi connectivity index (χ4n) is 8.90. The lowest BCUT2D eigenvalue weighted by Crippen LogP contribution is -1.99. The molecule has 1 atom stereocenters. The predicted octanol–water partition coefficient (Wildman–Crippen LogP) is 14.3. The van der Waals surface area contributed by atoms with Gasteiger partial charge in [0.1, 0.15) is 0 Å². The summed E-state index contributed by atoms with van der Waals surface area (Å²) in [6, 6.07) is 70.9. The minimum Gasteiger partial charge on any atom is -0.309 e. The van der Waals surface area contributed by atoms with Crippen molar-refractivity contribution >= 4 is 49.2 Å². The third-order valence-corrected chi connectivity index (χ3v) is 11.7. The Labute approximate surface area is 326 Å². The highest BCUT2D eigenvalue weighted by Crippen LogP contribution is 2.39. The maximum Gasteiger partial charge on any atom is 0.0541 e. The SMILES string of the molecule is C1=CC(c2ccccc2)CC=C1c1cccc(-n2c3ccccc3c3cc(-c4ccc5c(c4)c4ccccc4n5-c4ccc(-c5ccccc5)cc4)ccc32)c1. The smallest absolute Gasteiger partial charge is 0.0541 e. The van der Waals surface area contributed by atoms with Crippen molar-refractivity contribution in [1.82, 2.24) is 9.13 Å². The molecule has 0 spiro atoms. The van der Waals surface area contributed by atoms with Gasteiger partial charge in [-0.2, -0.15) is 0 Å². The van der Waals surface area contributed by atoms with Gasteiger partial charge in [0.25, 0.3) is 0 Å². The maximum absolute atomic E-state index is 2.43. The number of para-hydroxylation sites is 2. The van der Waals surface area contributed by atoms with E-state index in [9.17, 15) is 0 Å². The molecule has 2 heterocycles. The van der Waals surface area contributed by atoms with E-state index >= 15 is 0 Å². The van der Waals surface area contributed by atoms with Gasteiger partial charge in [0.15, 0.2) is 0 Å². The molecule has 0 bridgehead atoms. The molecule has 0 aliphatic heterocycles. The average molecular weight is 715 g/mol. The van der Waals surface area contributed by atoms with Gasteiger partial charge in [0.05, 0.1) is 22.1 Å². The summed E-state index contributed by atoms with van der Waals surface area (Å²) < 4.78 is 4.83. The van der Waals surface area contributed by atoms with Crippen LogP contribution in [-0.2, 0) is 0 Å². The van der Waals surface area contributed by atoms with Crippen molar-refractivity contribution in [3.63, 3.8) is 0 Å². The molecule has 0 N–H and O–H groups in total. The molecule has 0 saturated carbocycles. The van der Waals surface area contributed by atoms with Crippen molar-refractivity contribution in [3.8, 4) is 33.6 Å². The molecule has 0 radical (unpaired) electrons. The van der Waals surface area contributed by atoms with Crippen LogP contribution in [-0.4, -0.2) is 9.13 Å². The number of fused-ring (bicyclic) bond motifs is 6. The average Bonchev–Trinajstić information content (AvgIpc) is 3.79. The number of benzene rings is 8. The quantitative estimate of drug-likeness (QED) is 0.162. The second-order valence-electron chi connectivity index (χ2n) is 14.9. The fourth-order valence-corrected chi connectivity index (χ4v) is 8.90. The van der Waals surface area contributed by atoms with Gasteiger partial charge in [-0.15, -0.1) is 0 Å². The largest absolute Gasteiger partial charge is 0.309 e. The molecule has 0 amide bonds. The van der Waals surface area contributed by atoms with Crippen LogP contribution < -0.4 is 0 Å². The van der Waals surface area contributed by atoms with E-state index in [1.54, 1.807) is 0 Å². The summed E-state index contributed by atoms with van der Waals surface area (Å²) >= 11 is 0. The molecule has 2 heteroatoms. The van der Waals surface area contributed by atoms with E-state index in [4.69, 9.17) is 0 Å². The zero-order valence-electron chi connectivity index (χ0n) is 30.9. The lowest BCUT2D eigenvalue weighted by atomic mass is 9.88. The van der Waals surface area contributed by atoms with E-state index < -0.39 is 0 Å². The first kappa shape index (κ1) is 32.3. The van der Waals surface area contributed by atoms with Gasteiger partial charge in [-0.3, -0.25) is 0 Å². The minimum atomic E-state index is 0.423. The summed E-state index contributed by atoms with van der Waals surface area (Å²) in [6.07, 6.45) is 8.06. The zero-order valence-corrected chi connectivity index (χ0v) is 30.9. The fraction of sp³-hybridized carbons (Fsp3) is 0.0370. The van der Waals surface area contributed by atoms with E-state index in [2.05, 4.69) is 221 Å². The predicted molar refractivity (Wildman–Crippen MR) is 237 cm³/mol. The van der Waals surface area contributed by atoms with Crippen LogP contribution in [0, 0.1) is 0 Å². The van der Waals surface area contributed by atoms with Gasteiger partial charge in [-0.1, -0.05) is 152 Å². The topological polar surface area (TPSA) is 9.86 Å². The normalized spacial score (nSPS) is 14.2. The summed E-state index contributed by atoms with van der Waals surface area (Å²) in [4.78, 5) is 0. The zero-order chi connectivity index (χ0) is 37.0. The van der Waals surface area contributed by atoms with Gasteiger partial charge in [-0.25, -0.2) is 0 Å². The van der Waals surface area contributed by atoms with Crippen LogP contribution in [0.15, 0.2) is 212 Å². The Balaban J connectivity index is 0.976. The van der Waals surface area contributed by atoms with Gasteiger partial charge in [-0.05, 0) is 106 Å². The molecule has 264 valence electrons. The van der Waals surface area contributed by atoms with Crippen molar-refractivity contribution in [2.75, 3.05) is 0 Å². The lowest BCUT2D eigenvalue weighted by molar-refractivity contribution is 0.856. The molecule has 56 heavy (non-hydrogen) atoms. The summed E-state index contributed by atoms with van der Waals surface area (Å²) in [6.45, 7) is 0. The summed E-state index contributed by atoms with van der Waals surface area (Å²) in [5, 5.41) is 5.03. The number of aromatic nitrogens is 2. The van der Waals surface area contributed by atoms with E-state index in [0.717, 1.165) is 12.1 Å². The Morgan fingerprint density at radius 1 is 0.357 bits per heavy atom. The van der Waals surface area contributed by atoms with Crippen molar-refractivity contribution in [1.29, 1.82) is 0 Å². The van der Waals surface area contributed by atoms with Crippen molar-refractivity contribution in [2.45, 2.75) is 12.3 Å². The first-order valence-electron chi connectivity index (χ1n) is 19.5. The molecule has 1 aliphatic carbocycles. The second kappa shape index (κ2) is 13.3. The third-order valence-electron chi connectivity index (χ3n) is 11.7. The Morgan fingerprint density at radius 3 is 1.50 bits per heavy atom. The van der Waals surface area contributed by atoms with Crippen molar-refractivity contribution in [2.24, 2.45) is 0 Å². The highest BCUT2D eigenvalue weighted by molar-refractivity contribution is 6.12. The van der Waals surface area contributed by atoms with Gasteiger partial charge in [0.2, 0.25) is 0 Å². The molecule has 2 nitrogen and oxygen atoms in total. The lowest BCUT2D eigenvalue weighted by Gasteiger charge is -2.17. The molecule has 1 aliphatic rings. The van der Waals surface area contributed by atoms with E-state index in [0.29, 0.717) is 5.92 Å². The van der Waals surface area contributed by atoms with Crippen LogP contribution in [0.25, 0.3) is 82.8 Å². The molecular weight excluding hydrogens is 677 g/mol. The Hall–Kier alpha value is -7.16. The van der Waals surface area contributed by atoms with Crippen LogP contribution in [0.5, 0.6) is 0 Å². The molecule has 11 rings (SSSR count). The molecule has 2 aromatic heterocycles. The Morgan fingerprint density at radius 2 is 0.875 bits per heavy atom. The monoisotopic (exact) mass is 714 g/mol. The molecule has 0 saturated heterocycles. The number of allylic oxidation sites excluding steroid dienone is 4. The van der Waals surface area contributed by atoms with E-state index in [1.165, 1.54) is 88.3 Å². The first-order chi connectivity index (χ1) is 27.8. The van der Waals surface area contributed by atoms with Gasteiger partial charge >= 0.3 is 0 Å². The van der Waals surface area contributed by atoms with Crippen molar-refractivity contribution in [3.05, 3.63) is 223 Å². The van der Waals surface area contributed by atoms with Gasteiger partial charge < -0.3 is 9.13 Å². The Bertz CT molecular complexity index is 3140. The summed E-state index contributed by atoms with van der Waals surface area (Å²) in [5.74, 6) is 0.423. The molecular formula is C54H38N2. The first-order valence-corrected chi connectivity index (χ1v) is 19.5. The molecule has 8 aromatic carbocycles. The van der Waals surface area contributed by atoms with Crippen molar-refractivity contribution < 1.29 is 0 Å². The van der Waals surface area contributed by atoms with Crippen LogP contribution >= 0.6 is 0 Å².